The van der Waals surface area contributed by atoms with Crippen molar-refractivity contribution in [3.05, 3.63) is 17.5 Å². The fraction of sp³-hybridized carbons (Fsp3) is 0.750. The van der Waals surface area contributed by atoms with E-state index in [1.807, 2.05) is 18.7 Å². The van der Waals surface area contributed by atoms with Crippen LogP contribution in [-0.2, 0) is 7.05 Å². The van der Waals surface area contributed by atoms with Crippen LogP contribution in [0, 0.1) is 0 Å². The monoisotopic (exact) mass is 207 g/mol. The first-order valence-electron chi connectivity index (χ1n) is 5.98. The molecule has 1 aromatic rings. The lowest BCUT2D eigenvalue weighted by molar-refractivity contribution is 0.424. The van der Waals surface area contributed by atoms with Gasteiger partial charge in [-0.05, 0) is 25.8 Å². The number of rotatable bonds is 2. The molecule has 2 rings (SSSR count). The molecule has 1 aliphatic carbocycles. The van der Waals surface area contributed by atoms with E-state index in [9.17, 15) is 0 Å². The Morgan fingerprint density at radius 2 is 2.07 bits per heavy atom. The van der Waals surface area contributed by atoms with E-state index < -0.39 is 0 Å². The number of nitrogens with zero attached hydrogens (tertiary/aromatic N) is 2. The van der Waals surface area contributed by atoms with Gasteiger partial charge in [-0.1, -0.05) is 19.3 Å². The van der Waals surface area contributed by atoms with Gasteiger partial charge in [0.15, 0.2) is 0 Å². The minimum absolute atomic E-state index is 0.0496. The fourth-order valence-electron chi connectivity index (χ4n) is 2.51. The number of aryl methyl sites for hydroxylation is 1. The summed E-state index contributed by atoms with van der Waals surface area (Å²) in [7, 11) is 2.04. The van der Waals surface area contributed by atoms with E-state index >= 15 is 0 Å². The second kappa shape index (κ2) is 4.35. The highest BCUT2D eigenvalue weighted by Crippen LogP contribution is 2.33. The van der Waals surface area contributed by atoms with Gasteiger partial charge in [-0.15, -0.1) is 0 Å². The quantitative estimate of drug-likeness (QED) is 0.809. The van der Waals surface area contributed by atoms with Gasteiger partial charge < -0.3 is 5.73 Å². The zero-order valence-electron chi connectivity index (χ0n) is 9.74. The van der Waals surface area contributed by atoms with Crippen molar-refractivity contribution < 1.29 is 0 Å². The van der Waals surface area contributed by atoms with Crippen molar-refractivity contribution >= 4 is 0 Å². The van der Waals surface area contributed by atoms with Crippen LogP contribution in [0.1, 0.15) is 62.4 Å². The van der Waals surface area contributed by atoms with Gasteiger partial charge in [-0.25, -0.2) is 0 Å². The van der Waals surface area contributed by atoms with Gasteiger partial charge in [0.2, 0.25) is 0 Å². The Morgan fingerprint density at radius 1 is 1.40 bits per heavy atom. The van der Waals surface area contributed by atoms with Crippen LogP contribution in [0.5, 0.6) is 0 Å². The van der Waals surface area contributed by atoms with Crippen molar-refractivity contribution in [2.45, 2.75) is 51.0 Å². The van der Waals surface area contributed by atoms with E-state index in [2.05, 4.69) is 11.2 Å². The molecular weight excluding hydrogens is 186 g/mol. The SMILES string of the molecule is CC(N)c1cc(C2CCCCC2)n(C)n1. The minimum Gasteiger partial charge on any atom is -0.323 e. The number of hydrogen-bond donors (Lipinski definition) is 1. The molecule has 0 aromatic carbocycles. The highest BCUT2D eigenvalue weighted by molar-refractivity contribution is 5.17. The Hall–Kier alpha value is -0.830. The molecule has 2 N–H and O–H groups in total. The molecule has 84 valence electrons. The summed E-state index contributed by atoms with van der Waals surface area (Å²) in [6.45, 7) is 1.99. The maximum Gasteiger partial charge on any atom is 0.0791 e. The molecule has 0 saturated heterocycles. The number of nitrogens with two attached hydrogens (primary N) is 1. The van der Waals surface area contributed by atoms with Crippen LogP contribution in [0.25, 0.3) is 0 Å². The summed E-state index contributed by atoms with van der Waals surface area (Å²) in [6, 6.07) is 2.24. The molecule has 1 heterocycles. The van der Waals surface area contributed by atoms with Crippen LogP contribution in [0.4, 0.5) is 0 Å². The van der Waals surface area contributed by atoms with E-state index in [0.717, 1.165) is 5.69 Å². The first kappa shape index (κ1) is 10.7. The Kier molecular flexibility index (Phi) is 3.10. The third-order valence-corrected chi connectivity index (χ3v) is 3.42. The maximum atomic E-state index is 5.85. The average molecular weight is 207 g/mol. The Labute approximate surface area is 91.7 Å². The van der Waals surface area contributed by atoms with Gasteiger partial charge in [0.05, 0.1) is 5.69 Å². The van der Waals surface area contributed by atoms with Crippen LogP contribution in [0.15, 0.2) is 6.07 Å². The van der Waals surface area contributed by atoms with Gasteiger partial charge in [0, 0.05) is 24.7 Å². The van der Waals surface area contributed by atoms with E-state index in [1.54, 1.807) is 0 Å². The lowest BCUT2D eigenvalue weighted by atomic mass is 9.87. The Balaban J connectivity index is 2.19. The minimum atomic E-state index is 0.0496. The highest BCUT2D eigenvalue weighted by Gasteiger charge is 2.20. The van der Waals surface area contributed by atoms with Crippen molar-refractivity contribution in [1.29, 1.82) is 0 Å². The lowest BCUT2D eigenvalue weighted by Gasteiger charge is -2.21. The van der Waals surface area contributed by atoms with Crippen LogP contribution < -0.4 is 5.73 Å². The van der Waals surface area contributed by atoms with E-state index in [0.29, 0.717) is 5.92 Å². The van der Waals surface area contributed by atoms with Crippen molar-refractivity contribution in [3.63, 3.8) is 0 Å². The lowest BCUT2D eigenvalue weighted by Crippen LogP contribution is -2.09. The summed E-state index contributed by atoms with van der Waals surface area (Å²) in [5.41, 5.74) is 8.25. The maximum absolute atomic E-state index is 5.85. The second-order valence-corrected chi connectivity index (χ2v) is 4.74. The summed E-state index contributed by atoms with van der Waals surface area (Å²) in [5, 5.41) is 4.48. The molecule has 1 unspecified atom stereocenters. The second-order valence-electron chi connectivity index (χ2n) is 4.74. The van der Waals surface area contributed by atoms with E-state index in [1.165, 1.54) is 37.8 Å². The molecule has 0 amide bonds. The van der Waals surface area contributed by atoms with Gasteiger partial charge in [0.1, 0.15) is 0 Å². The molecule has 1 saturated carbocycles. The summed E-state index contributed by atoms with van der Waals surface area (Å²) < 4.78 is 2.02. The van der Waals surface area contributed by atoms with Crippen LogP contribution in [0.3, 0.4) is 0 Å². The summed E-state index contributed by atoms with van der Waals surface area (Å²) in [6.07, 6.45) is 6.76. The van der Waals surface area contributed by atoms with Crippen molar-refractivity contribution in [2.24, 2.45) is 12.8 Å². The first-order valence-corrected chi connectivity index (χ1v) is 5.98. The molecule has 0 spiro atoms. The number of aromatic nitrogens is 2. The topological polar surface area (TPSA) is 43.8 Å². The van der Waals surface area contributed by atoms with E-state index in [4.69, 9.17) is 5.73 Å². The van der Waals surface area contributed by atoms with Crippen molar-refractivity contribution in [3.8, 4) is 0 Å². The Morgan fingerprint density at radius 3 is 2.60 bits per heavy atom. The molecule has 1 atom stereocenters. The summed E-state index contributed by atoms with van der Waals surface area (Å²) in [4.78, 5) is 0. The predicted molar refractivity (Wildman–Crippen MR) is 61.6 cm³/mol. The fourth-order valence-corrected chi connectivity index (χ4v) is 2.51. The molecule has 0 bridgehead atoms. The van der Waals surface area contributed by atoms with Crippen molar-refractivity contribution in [1.82, 2.24) is 9.78 Å². The molecule has 3 nitrogen and oxygen atoms in total. The van der Waals surface area contributed by atoms with Crippen molar-refractivity contribution in [2.75, 3.05) is 0 Å². The summed E-state index contributed by atoms with van der Waals surface area (Å²) >= 11 is 0. The molecule has 15 heavy (non-hydrogen) atoms. The van der Waals surface area contributed by atoms with Gasteiger partial charge in [0.25, 0.3) is 0 Å². The number of hydrogen-bond acceptors (Lipinski definition) is 2. The van der Waals surface area contributed by atoms with Gasteiger partial charge in [-0.3, -0.25) is 4.68 Å². The molecule has 3 heteroatoms. The highest BCUT2D eigenvalue weighted by atomic mass is 15.3. The molecule has 1 aliphatic rings. The van der Waals surface area contributed by atoms with Crippen LogP contribution in [0.2, 0.25) is 0 Å². The standard InChI is InChI=1S/C12H21N3/c1-9(13)11-8-12(15(2)14-11)10-6-4-3-5-7-10/h8-10H,3-7,13H2,1-2H3. The van der Waals surface area contributed by atoms with E-state index in [-0.39, 0.29) is 6.04 Å². The average Bonchev–Trinajstić information content (AvgIpc) is 2.62. The Bertz CT molecular complexity index is 322. The van der Waals surface area contributed by atoms with Crippen LogP contribution >= 0.6 is 0 Å². The summed E-state index contributed by atoms with van der Waals surface area (Å²) in [5.74, 6) is 0.712. The predicted octanol–water partition coefficient (Wildman–Crippen LogP) is 2.49. The van der Waals surface area contributed by atoms with Gasteiger partial charge in [-0.2, -0.15) is 5.10 Å². The zero-order chi connectivity index (χ0) is 10.8. The van der Waals surface area contributed by atoms with Gasteiger partial charge >= 0.3 is 0 Å². The smallest absolute Gasteiger partial charge is 0.0791 e. The largest absolute Gasteiger partial charge is 0.323 e. The first-order chi connectivity index (χ1) is 7.18. The third-order valence-electron chi connectivity index (χ3n) is 3.42. The normalized spacial score (nSPS) is 20.5. The molecule has 1 fully saturated rings. The van der Waals surface area contributed by atoms with Crippen LogP contribution in [-0.4, -0.2) is 9.78 Å². The molecular formula is C12H21N3. The third kappa shape index (κ3) is 2.23. The molecule has 0 radical (unpaired) electrons. The molecule has 0 aliphatic heterocycles. The molecule has 1 aromatic heterocycles. The zero-order valence-corrected chi connectivity index (χ0v) is 9.74.